The van der Waals surface area contributed by atoms with E-state index in [0.717, 1.165) is 21.5 Å². The van der Waals surface area contributed by atoms with Crippen LogP contribution in [0.25, 0.3) is 0 Å². The number of methoxy groups -OCH3 is 1. The molecule has 0 aliphatic rings. The van der Waals surface area contributed by atoms with Crippen LogP contribution in [0.1, 0.15) is 11.3 Å². The molecule has 0 unspecified atom stereocenters. The van der Waals surface area contributed by atoms with Gasteiger partial charge in [-0.05, 0) is 22.9 Å². The van der Waals surface area contributed by atoms with Gasteiger partial charge < -0.3 is 4.74 Å². The Morgan fingerprint density at radius 1 is 1.69 bits per heavy atom. The summed E-state index contributed by atoms with van der Waals surface area (Å²) in [5, 5.41) is 8.53. The Bertz CT molecular complexity index is 357. The Labute approximate surface area is 85.5 Å². The van der Waals surface area contributed by atoms with Crippen molar-refractivity contribution in [3.05, 3.63) is 21.9 Å². The molecule has 0 spiro atoms. The van der Waals surface area contributed by atoms with E-state index in [2.05, 4.69) is 27.0 Å². The lowest BCUT2D eigenvalue weighted by atomic mass is 10.1. The van der Waals surface area contributed by atoms with Crippen LogP contribution < -0.4 is 4.74 Å². The molecule has 1 rings (SSSR count). The van der Waals surface area contributed by atoms with Crippen LogP contribution >= 0.6 is 15.9 Å². The first-order valence-electron chi connectivity index (χ1n) is 3.75. The first-order valence-corrected chi connectivity index (χ1v) is 4.55. The van der Waals surface area contributed by atoms with Crippen molar-refractivity contribution < 1.29 is 4.74 Å². The smallest absolute Gasteiger partial charge is 0.139 e. The third-order valence-corrected chi connectivity index (χ3v) is 2.34. The summed E-state index contributed by atoms with van der Waals surface area (Å²) in [6.07, 6.45) is 1.97. The molecular weight excluding hydrogens is 232 g/mol. The number of aromatic nitrogens is 1. The fourth-order valence-electron chi connectivity index (χ4n) is 1.10. The van der Waals surface area contributed by atoms with E-state index >= 15 is 0 Å². The molecule has 0 fully saturated rings. The Morgan fingerprint density at radius 3 is 2.92 bits per heavy atom. The van der Waals surface area contributed by atoms with Crippen molar-refractivity contribution in [2.45, 2.75) is 13.3 Å². The Kier molecular flexibility index (Phi) is 3.26. The summed E-state index contributed by atoms with van der Waals surface area (Å²) in [5.74, 6) is 0.750. The molecule has 4 heteroatoms. The van der Waals surface area contributed by atoms with Crippen molar-refractivity contribution in [2.24, 2.45) is 0 Å². The highest BCUT2D eigenvalue weighted by atomic mass is 79.9. The van der Waals surface area contributed by atoms with E-state index in [0.29, 0.717) is 6.42 Å². The molecule has 0 bridgehead atoms. The lowest BCUT2D eigenvalue weighted by Crippen LogP contribution is -1.97. The largest absolute Gasteiger partial charge is 0.495 e. The molecule has 0 aliphatic carbocycles. The van der Waals surface area contributed by atoms with Gasteiger partial charge in [0.15, 0.2) is 0 Å². The highest BCUT2D eigenvalue weighted by Crippen LogP contribution is 2.29. The van der Waals surface area contributed by atoms with E-state index in [1.165, 1.54) is 0 Å². The molecule has 13 heavy (non-hydrogen) atoms. The number of nitriles is 1. The van der Waals surface area contributed by atoms with Gasteiger partial charge in [-0.2, -0.15) is 5.26 Å². The van der Waals surface area contributed by atoms with Gasteiger partial charge in [0, 0.05) is 11.8 Å². The average Bonchev–Trinajstić information content (AvgIpc) is 2.11. The van der Waals surface area contributed by atoms with Crippen molar-refractivity contribution in [3.63, 3.8) is 0 Å². The van der Waals surface area contributed by atoms with Crippen molar-refractivity contribution in [2.75, 3.05) is 7.11 Å². The maximum absolute atomic E-state index is 8.53. The van der Waals surface area contributed by atoms with E-state index in [9.17, 15) is 0 Å². The SMILES string of the molecule is COc1c(Br)cnc(CC#N)c1C. The van der Waals surface area contributed by atoms with E-state index in [1.807, 2.05) is 6.92 Å². The molecule has 68 valence electrons. The first-order chi connectivity index (χ1) is 6.20. The van der Waals surface area contributed by atoms with Gasteiger partial charge in [-0.3, -0.25) is 4.98 Å². The molecule has 3 nitrogen and oxygen atoms in total. The average molecular weight is 241 g/mol. The predicted octanol–water partition coefficient (Wildman–Crippen LogP) is 2.23. The third kappa shape index (κ3) is 1.99. The maximum atomic E-state index is 8.53. The second-order valence-electron chi connectivity index (χ2n) is 2.55. The molecule has 0 aromatic carbocycles. The van der Waals surface area contributed by atoms with Crippen molar-refractivity contribution in [1.29, 1.82) is 5.26 Å². The number of ether oxygens (including phenoxy) is 1. The van der Waals surface area contributed by atoms with Gasteiger partial charge in [-0.15, -0.1) is 0 Å². The molecule has 0 N–H and O–H groups in total. The van der Waals surface area contributed by atoms with Crippen molar-refractivity contribution >= 4 is 15.9 Å². The Balaban J connectivity index is 3.21. The summed E-state index contributed by atoms with van der Waals surface area (Å²) in [6.45, 7) is 1.89. The summed E-state index contributed by atoms with van der Waals surface area (Å²) in [7, 11) is 1.60. The zero-order valence-corrected chi connectivity index (χ0v) is 9.05. The molecule has 0 saturated heterocycles. The quantitative estimate of drug-likeness (QED) is 0.797. The zero-order valence-electron chi connectivity index (χ0n) is 7.47. The van der Waals surface area contributed by atoms with Gasteiger partial charge in [0.25, 0.3) is 0 Å². The summed E-state index contributed by atoms with van der Waals surface area (Å²) >= 11 is 3.32. The van der Waals surface area contributed by atoms with Crippen LogP contribution in [-0.2, 0) is 6.42 Å². The van der Waals surface area contributed by atoms with Gasteiger partial charge in [0.05, 0.1) is 29.8 Å². The molecule has 0 aliphatic heterocycles. The monoisotopic (exact) mass is 240 g/mol. The van der Waals surface area contributed by atoms with Crippen LogP contribution in [0.3, 0.4) is 0 Å². The van der Waals surface area contributed by atoms with Crippen LogP contribution in [0.2, 0.25) is 0 Å². The summed E-state index contributed by atoms with van der Waals surface area (Å²) in [4.78, 5) is 4.13. The van der Waals surface area contributed by atoms with Gasteiger partial charge in [-0.1, -0.05) is 0 Å². The number of pyridine rings is 1. The summed E-state index contributed by atoms with van der Waals surface area (Å²) in [6, 6.07) is 2.06. The molecule has 0 amide bonds. The normalized spacial score (nSPS) is 9.38. The molecule has 0 saturated carbocycles. The van der Waals surface area contributed by atoms with E-state index in [1.54, 1.807) is 13.3 Å². The van der Waals surface area contributed by atoms with Crippen molar-refractivity contribution in [3.8, 4) is 11.8 Å². The van der Waals surface area contributed by atoms with Crippen LogP contribution in [0.5, 0.6) is 5.75 Å². The van der Waals surface area contributed by atoms with Crippen LogP contribution in [0.15, 0.2) is 10.7 Å². The molecular formula is C9H9BrN2O. The number of hydrogen-bond donors (Lipinski definition) is 0. The van der Waals surface area contributed by atoms with Crippen LogP contribution in [0.4, 0.5) is 0 Å². The Morgan fingerprint density at radius 2 is 2.38 bits per heavy atom. The highest BCUT2D eigenvalue weighted by molar-refractivity contribution is 9.10. The number of halogens is 1. The van der Waals surface area contributed by atoms with Gasteiger partial charge in [0.2, 0.25) is 0 Å². The van der Waals surface area contributed by atoms with E-state index < -0.39 is 0 Å². The molecule has 0 atom stereocenters. The highest BCUT2D eigenvalue weighted by Gasteiger charge is 2.09. The van der Waals surface area contributed by atoms with Crippen LogP contribution in [0, 0.1) is 18.3 Å². The molecule has 1 aromatic rings. The van der Waals surface area contributed by atoms with Crippen LogP contribution in [-0.4, -0.2) is 12.1 Å². The second-order valence-corrected chi connectivity index (χ2v) is 3.40. The summed E-state index contributed by atoms with van der Waals surface area (Å²) in [5.41, 5.74) is 1.68. The second kappa shape index (κ2) is 4.24. The fraction of sp³-hybridized carbons (Fsp3) is 0.333. The fourth-order valence-corrected chi connectivity index (χ4v) is 1.67. The molecule has 1 heterocycles. The number of rotatable bonds is 2. The standard InChI is InChI=1S/C9H9BrN2O/c1-6-8(3-4-11)12-5-7(10)9(6)13-2/h5H,3H2,1-2H3. The summed E-state index contributed by atoms with van der Waals surface area (Å²) < 4.78 is 5.98. The van der Waals surface area contributed by atoms with Gasteiger partial charge >= 0.3 is 0 Å². The maximum Gasteiger partial charge on any atom is 0.139 e. The van der Waals surface area contributed by atoms with Gasteiger partial charge in [0.1, 0.15) is 5.75 Å². The van der Waals surface area contributed by atoms with E-state index in [-0.39, 0.29) is 0 Å². The minimum absolute atomic E-state index is 0.315. The molecule has 1 aromatic heterocycles. The molecule has 0 radical (unpaired) electrons. The zero-order chi connectivity index (χ0) is 9.84. The van der Waals surface area contributed by atoms with Crippen molar-refractivity contribution in [1.82, 2.24) is 4.98 Å². The predicted molar refractivity (Wildman–Crippen MR) is 52.5 cm³/mol. The van der Waals surface area contributed by atoms with E-state index in [4.69, 9.17) is 10.00 Å². The first kappa shape index (κ1) is 10.0. The lowest BCUT2D eigenvalue weighted by molar-refractivity contribution is 0.407. The minimum atomic E-state index is 0.315. The third-order valence-electron chi connectivity index (χ3n) is 1.77. The Hall–Kier alpha value is -1.08. The lowest BCUT2D eigenvalue weighted by Gasteiger charge is -2.08. The minimum Gasteiger partial charge on any atom is -0.495 e. The topological polar surface area (TPSA) is 45.9 Å². The number of nitrogens with zero attached hydrogens (tertiary/aromatic N) is 2. The number of hydrogen-bond acceptors (Lipinski definition) is 3. The van der Waals surface area contributed by atoms with Gasteiger partial charge in [-0.25, -0.2) is 0 Å².